The van der Waals surface area contributed by atoms with E-state index in [1.807, 2.05) is 6.92 Å². The largest absolute Gasteiger partial charge is 0.507 e. The summed E-state index contributed by atoms with van der Waals surface area (Å²) >= 11 is 0. The van der Waals surface area contributed by atoms with E-state index in [1.54, 1.807) is 39.8 Å². The van der Waals surface area contributed by atoms with E-state index in [-0.39, 0.29) is 29.9 Å². The van der Waals surface area contributed by atoms with Gasteiger partial charge in [0.25, 0.3) is 0 Å². The molecule has 3 saturated carbocycles. The van der Waals surface area contributed by atoms with Crippen LogP contribution in [0.15, 0.2) is 18.2 Å². The van der Waals surface area contributed by atoms with Crippen LogP contribution in [-0.4, -0.2) is 50.5 Å². The smallest absolute Gasteiger partial charge is 0.190 e. The molecule has 8 atom stereocenters. The molecule has 0 heterocycles. The fraction of sp³-hybridized carbons (Fsp3) is 0.667. The van der Waals surface area contributed by atoms with Crippen LogP contribution in [0.3, 0.4) is 0 Å². The van der Waals surface area contributed by atoms with Crippen LogP contribution < -0.4 is 0 Å². The minimum atomic E-state index is -2.86. The second-order valence-corrected chi connectivity index (χ2v) is 14.9. The summed E-state index contributed by atoms with van der Waals surface area (Å²) in [5.74, 6) is -10.9. The van der Waals surface area contributed by atoms with Crippen molar-refractivity contribution in [1.29, 1.82) is 0 Å². The monoisotopic (exact) mass is 606 g/mol. The van der Waals surface area contributed by atoms with Crippen molar-refractivity contribution >= 4 is 34.7 Å². The van der Waals surface area contributed by atoms with Crippen LogP contribution in [0.25, 0.3) is 0 Å². The van der Waals surface area contributed by atoms with E-state index in [1.165, 1.54) is 12.5 Å². The van der Waals surface area contributed by atoms with Crippen LogP contribution in [0.4, 0.5) is 0 Å². The number of benzene rings is 1. The van der Waals surface area contributed by atoms with Crippen molar-refractivity contribution in [3.05, 3.63) is 29.3 Å². The molecule has 0 amide bonds. The lowest BCUT2D eigenvalue weighted by atomic mass is 9.34. The van der Waals surface area contributed by atoms with Crippen LogP contribution in [0.2, 0.25) is 0 Å². The summed E-state index contributed by atoms with van der Waals surface area (Å²) in [6, 6.07) is 4.70. The Kier molecular flexibility index (Phi) is 8.18. The third kappa shape index (κ3) is 4.26. The third-order valence-electron chi connectivity index (χ3n) is 12.4. The SMILES string of the molecule is CC(=O)C1C(=O)C(C(C)C)[C@@]2(C)[C@H](CC(=O)CCC3CCCCC3)[C@]3(C)C(C(=O)c4c(O)cccc4[C@H]3C)C(=O)[C@@]2(O)C1=O. The first-order chi connectivity index (χ1) is 20.6. The van der Waals surface area contributed by atoms with Gasteiger partial charge in [0.05, 0.1) is 11.5 Å². The van der Waals surface area contributed by atoms with Crippen molar-refractivity contribution in [2.75, 3.05) is 0 Å². The van der Waals surface area contributed by atoms with Gasteiger partial charge < -0.3 is 10.2 Å². The molecule has 0 bridgehead atoms. The molecular weight excluding hydrogens is 560 g/mol. The van der Waals surface area contributed by atoms with Crippen molar-refractivity contribution in [1.82, 2.24) is 0 Å². The molecule has 3 fully saturated rings. The van der Waals surface area contributed by atoms with Gasteiger partial charge in [-0.15, -0.1) is 0 Å². The van der Waals surface area contributed by atoms with Gasteiger partial charge in [0, 0.05) is 24.2 Å². The van der Waals surface area contributed by atoms with Gasteiger partial charge in [-0.2, -0.15) is 0 Å². The Morgan fingerprint density at radius 1 is 1.00 bits per heavy atom. The molecule has 0 radical (unpaired) electrons. The summed E-state index contributed by atoms with van der Waals surface area (Å²) < 4.78 is 0. The standard InChI is InChI=1S/C36H46O8/c1-18(2)28-30(40)26(20(4)37)32(42)36(44)33(43)29-31(41)27-23(13-10-14-24(27)39)19(3)34(29,5)25(35(28,36)6)17-22(38)16-15-21-11-8-7-9-12-21/h10,13-14,18-19,21,25-26,28-29,39,44H,7-9,11-12,15-17H2,1-6H3/t19-,25-,26?,28?,29?,34-,35-,36+/m1/s1. The third-order valence-corrected chi connectivity index (χ3v) is 12.4. The van der Waals surface area contributed by atoms with Gasteiger partial charge in [0.1, 0.15) is 23.2 Å². The maximum Gasteiger partial charge on any atom is 0.190 e. The lowest BCUT2D eigenvalue weighted by Gasteiger charge is -2.67. The van der Waals surface area contributed by atoms with Gasteiger partial charge in [0.15, 0.2) is 28.7 Å². The molecule has 5 rings (SSSR count). The zero-order chi connectivity index (χ0) is 32.5. The number of ketones is 6. The average Bonchev–Trinajstić information content (AvgIpc) is 2.96. The Bertz CT molecular complexity index is 1440. The molecule has 4 aliphatic carbocycles. The van der Waals surface area contributed by atoms with Crippen molar-refractivity contribution in [3.8, 4) is 5.75 Å². The first-order valence-electron chi connectivity index (χ1n) is 16.3. The molecule has 4 aliphatic rings. The second kappa shape index (κ2) is 11.1. The maximum atomic E-state index is 14.7. The number of phenols is 1. The molecule has 0 saturated heterocycles. The Morgan fingerprint density at radius 3 is 2.23 bits per heavy atom. The number of fused-ring (bicyclic) bond motifs is 3. The molecule has 0 aliphatic heterocycles. The molecule has 238 valence electrons. The Morgan fingerprint density at radius 2 is 1.64 bits per heavy atom. The zero-order valence-electron chi connectivity index (χ0n) is 26.8. The molecule has 1 aromatic rings. The number of aliphatic hydroxyl groups is 1. The van der Waals surface area contributed by atoms with Gasteiger partial charge in [-0.1, -0.05) is 78.9 Å². The minimum Gasteiger partial charge on any atom is -0.507 e. The molecule has 8 nitrogen and oxygen atoms in total. The van der Waals surface area contributed by atoms with E-state index in [4.69, 9.17) is 0 Å². The summed E-state index contributed by atoms with van der Waals surface area (Å²) in [6.45, 7) is 9.76. The Balaban J connectivity index is 1.73. The molecule has 44 heavy (non-hydrogen) atoms. The Labute approximate surface area is 259 Å². The average molecular weight is 607 g/mol. The van der Waals surface area contributed by atoms with Gasteiger partial charge in [-0.3, -0.25) is 28.8 Å². The maximum absolute atomic E-state index is 14.7. The number of carbonyl (C=O) groups is 6. The highest BCUT2D eigenvalue weighted by Crippen LogP contribution is 2.70. The first-order valence-corrected chi connectivity index (χ1v) is 16.3. The highest BCUT2D eigenvalue weighted by Gasteiger charge is 2.80. The summed E-state index contributed by atoms with van der Waals surface area (Å²) in [7, 11) is 0. The number of aromatic hydroxyl groups is 1. The molecule has 8 heteroatoms. The lowest BCUT2D eigenvalue weighted by Crippen LogP contribution is -2.80. The molecule has 1 aromatic carbocycles. The summed E-state index contributed by atoms with van der Waals surface area (Å²) in [4.78, 5) is 84.1. The second-order valence-electron chi connectivity index (χ2n) is 14.9. The molecule has 3 unspecified atom stereocenters. The quantitative estimate of drug-likeness (QED) is 0.403. The van der Waals surface area contributed by atoms with Crippen LogP contribution >= 0.6 is 0 Å². The van der Waals surface area contributed by atoms with Crippen LogP contribution in [0.1, 0.15) is 115 Å². The molecule has 0 aromatic heterocycles. The van der Waals surface area contributed by atoms with Crippen LogP contribution in [0.5, 0.6) is 5.75 Å². The Hall–Kier alpha value is -3.00. The number of phenolic OH excluding ortho intramolecular Hbond substituents is 1. The van der Waals surface area contributed by atoms with Crippen LogP contribution in [0, 0.1) is 46.3 Å². The number of hydrogen-bond acceptors (Lipinski definition) is 8. The molecule has 2 N–H and O–H groups in total. The van der Waals surface area contributed by atoms with E-state index in [2.05, 4.69) is 0 Å². The topological polar surface area (TPSA) is 143 Å². The molecule has 0 spiro atoms. The van der Waals surface area contributed by atoms with Gasteiger partial charge >= 0.3 is 0 Å². The lowest BCUT2D eigenvalue weighted by molar-refractivity contribution is -0.225. The normalized spacial score (nSPS) is 37.4. The summed E-state index contributed by atoms with van der Waals surface area (Å²) in [5, 5.41) is 23.4. The summed E-state index contributed by atoms with van der Waals surface area (Å²) in [5.41, 5.74) is -5.43. The predicted molar refractivity (Wildman–Crippen MR) is 162 cm³/mol. The van der Waals surface area contributed by atoms with E-state index in [9.17, 15) is 39.0 Å². The number of carbonyl (C=O) groups excluding carboxylic acids is 6. The van der Waals surface area contributed by atoms with E-state index < -0.39 is 80.9 Å². The van der Waals surface area contributed by atoms with E-state index in [0.29, 0.717) is 17.9 Å². The van der Waals surface area contributed by atoms with Crippen molar-refractivity contribution in [2.45, 2.75) is 104 Å². The summed E-state index contributed by atoms with van der Waals surface area (Å²) in [6.07, 6.45) is 6.48. The van der Waals surface area contributed by atoms with E-state index >= 15 is 0 Å². The fourth-order valence-electron chi connectivity index (χ4n) is 10.1. The number of Topliss-reactive ketones (excluding diaryl/α,β-unsaturated/α-hetero) is 6. The fourth-order valence-corrected chi connectivity index (χ4v) is 10.1. The van der Waals surface area contributed by atoms with Crippen molar-refractivity contribution in [2.24, 2.45) is 46.3 Å². The van der Waals surface area contributed by atoms with Gasteiger partial charge in [-0.25, -0.2) is 0 Å². The highest BCUT2D eigenvalue weighted by atomic mass is 16.3. The van der Waals surface area contributed by atoms with Gasteiger partial charge in [0.2, 0.25) is 0 Å². The van der Waals surface area contributed by atoms with Crippen LogP contribution in [-0.2, 0) is 24.0 Å². The number of rotatable bonds is 7. The van der Waals surface area contributed by atoms with Crippen molar-refractivity contribution < 1.29 is 39.0 Å². The van der Waals surface area contributed by atoms with Gasteiger partial charge in [-0.05, 0) is 54.1 Å². The number of hydrogen-bond donors (Lipinski definition) is 2. The molecular formula is C36H46O8. The highest BCUT2D eigenvalue weighted by molar-refractivity contribution is 6.32. The minimum absolute atomic E-state index is 0.0340. The van der Waals surface area contributed by atoms with Crippen molar-refractivity contribution in [3.63, 3.8) is 0 Å². The predicted octanol–water partition coefficient (Wildman–Crippen LogP) is 5.20. The van der Waals surface area contributed by atoms with E-state index in [0.717, 1.165) is 32.6 Å². The zero-order valence-corrected chi connectivity index (χ0v) is 26.8. The first kappa shape index (κ1) is 32.4.